The lowest BCUT2D eigenvalue weighted by Crippen LogP contribution is -2.38. The zero-order valence-electron chi connectivity index (χ0n) is 7.12. The lowest BCUT2D eigenvalue weighted by atomic mass is 9.93. The zero-order chi connectivity index (χ0) is 8.44. The van der Waals surface area contributed by atoms with Crippen LogP contribution in [0.5, 0.6) is 0 Å². The van der Waals surface area contributed by atoms with Crippen molar-refractivity contribution in [3.05, 3.63) is 0 Å². The number of ether oxygens (including phenoxy) is 2. The van der Waals surface area contributed by atoms with E-state index < -0.39 is 0 Å². The second-order valence-electron chi connectivity index (χ2n) is 3.67. The molecule has 0 aliphatic carbocycles. The predicted octanol–water partition coefficient (Wildman–Crippen LogP) is 0.913. The molecule has 2 fully saturated rings. The lowest BCUT2D eigenvalue weighted by molar-refractivity contribution is -0.138. The van der Waals surface area contributed by atoms with Gasteiger partial charge < -0.3 is 14.3 Å². The van der Waals surface area contributed by atoms with E-state index in [0.717, 1.165) is 38.6 Å². The average molecular weight is 170 g/mol. The molecule has 2 rings (SSSR count). The first-order valence-corrected chi connectivity index (χ1v) is 4.56. The molecule has 2 unspecified atom stereocenters. The van der Waals surface area contributed by atoms with Crippen molar-refractivity contribution in [2.45, 2.75) is 37.4 Å². The van der Waals surface area contributed by atoms with Crippen LogP contribution in [0.4, 0.5) is 0 Å². The minimum absolute atomic E-state index is 0.107. The van der Waals surface area contributed by atoms with Gasteiger partial charge in [0.15, 0.2) is 0 Å². The molecule has 2 saturated heterocycles. The fourth-order valence-corrected chi connectivity index (χ4v) is 2.06. The number of hydrogen-bond acceptors (Lipinski definition) is 3. The van der Waals surface area contributed by atoms with Gasteiger partial charge in [0.1, 0.15) is 12.4 Å². The Hall–Kier alpha value is -0.410. The summed E-state index contributed by atoms with van der Waals surface area (Å²) in [6.07, 6.45) is 4.70. The maximum atomic E-state index is 10.5. The molecule has 0 aromatic heterocycles. The summed E-state index contributed by atoms with van der Waals surface area (Å²) in [7, 11) is 0. The standard InChI is InChI=1S/C9H14O3/c10-6-8-2-4-9(12-8)3-1-5-11-7-9/h6,8H,1-5,7H2. The SMILES string of the molecule is O=CC1CCC2(CCCOC2)O1. The van der Waals surface area contributed by atoms with Gasteiger partial charge in [0.25, 0.3) is 0 Å². The summed E-state index contributed by atoms with van der Waals surface area (Å²) in [6.45, 7) is 1.52. The number of aldehydes is 1. The van der Waals surface area contributed by atoms with Gasteiger partial charge in [-0.3, -0.25) is 0 Å². The van der Waals surface area contributed by atoms with E-state index in [1.807, 2.05) is 0 Å². The first-order chi connectivity index (χ1) is 5.85. The Labute approximate surface area is 72.0 Å². The van der Waals surface area contributed by atoms with Gasteiger partial charge in [-0.25, -0.2) is 0 Å². The molecule has 1 spiro atoms. The highest BCUT2D eigenvalue weighted by Gasteiger charge is 2.41. The lowest BCUT2D eigenvalue weighted by Gasteiger charge is -2.32. The Morgan fingerprint density at radius 2 is 2.33 bits per heavy atom. The molecule has 2 heterocycles. The van der Waals surface area contributed by atoms with Gasteiger partial charge in [0.2, 0.25) is 0 Å². The molecule has 0 aromatic rings. The Bertz CT molecular complexity index is 173. The van der Waals surface area contributed by atoms with E-state index in [0.29, 0.717) is 6.61 Å². The molecule has 0 amide bonds. The largest absolute Gasteiger partial charge is 0.378 e. The van der Waals surface area contributed by atoms with E-state index in [1.54, 1.807) is 0 Å². The summed E-state index contributed by atoms with van der Waals surface area (Å²) < 4.78 is 11.0. The average Bonchev–Trinajstić information content (AvgIpc) is 2.50. The maximum Gasteiger partial charge on any atom is 0.148 e. The van der Waals surface area contributed by atoms with Crippen LogP contribution < -0.4 is 0 Å². The molecule has 0 radical (unpaired) electrons. The second kappa shape index (κ2) is 3.15. The Balaban J connectivity index is 1.98. The number of carbonyl (C=O) groups excluding carboxylic acids is 1. The van der Waals surface area contributed by atoms with E-state index in [2.05, 4.69) is 0 Å². The number of rotatable bonds is 1. The predicted molar refractivity (Wildman–Crippen MR) is 43.0 cm³/mol. The minimum atomic E-state index is -0.174. The molecule has 2 aliphatic heterocycles. The normalized spacial score (nSPS) is 41.8. The third-order valence-electron chi connectivity index (χ3n) is 2.72. The van der Waals surface area contributed by atoms with Gasteiger partial charge in [-0.15, -0.1) is 0 Å². The van der Waals surface area contributed by atoms with Crippen molar-refractivity contribution in [2.24, 2.45) is 0 Å². The molecule has 0 N–H and O–H groups in total. The number of carbonyl (C=O) groups is 1. The molecule has 12 heavy (non-hydrogen) atoms. The monoisotopic (exact) mass is 170 g/mol. The third-order valence-corrected chi connectivity index (χ3v) is 2.72. The fourth-order valence-electron chi connectivity index (χ4n) is 2.06. The Morgan fingerprint density at radius 3 is 2.92 bits per heavy atom. The van der Waals surface area contributed by atoms with Crippen LogP contribution in [0.15, 0.2) is 0 Å². The van der Waals surface area contributed by atoms with E-state index in [9.17, 15) is 4.79 Å². The van der Waals surface area contributed by atoms with Crippen LogP contribution in [0.2, 0.25) is 0 Å². The molecule has 3 heteroatoms. The van der Waals surface area contributed by atoms with Crippen LogP contribution in [0.1, 0.15) is 25.7 Å². The van der Waals surface area contributed by atoms with Gasteiger partial charge in [-0.2, -0.15) is 0 Å². The topological polar surface area (TPSA) is 35.5 Å². The first-order valence-electron chi connectivity index (χ1n) is 4.56. The van der Waals surface area contributed by atoms with Crippen LogP contribution in [0.3, 0.4) is 0 Å². The zero-order valence-corrected chi connectivity index (χ0v) is 7.12. The molecule has 68 valence electrons. The van der Waals surface area contributed by atoms with Crippen molar-refractivity contribution >= 4 is 6.29 Å². The third kappa shape index (κ3) is 1.39. The van der Waals surface area contributed by atoms with Crippen molar-refractivity contribution in [3.8, 4) is 0 Å². The molecule has 0 saturated carbocycles. The maximum absolute atomic E-state index is 10.5. The van der Waals surface area contributed by atoms with Crippen molar-refractivity contribution in [1.29, 1.82) is 0 Å². The summed E-state index contributed by atoms with van der Waals surface area (Å²) >= 11 is 0. The van der Waals surface area contributed by atoms with Gasteiger partial charge in [0.05, 0.1) is 12.2 Å². The Morgan fingerprint density at radius 1 is 1.42 bits per heavy atom. The van der Waals surface area contributed by atoms with Crippen LogP contribution in [-0.2, 0) is 14.3 Å². The van der Waals surface area contributed by atoms with E-state index in [4.69, 9.17) is 9.47 Å². The fraction of sp³-hybridized carbons (Fsp3) is 0.889. The summed E-state index contributed by atoms with van der Waals surface area (Å²) in [5.41, 5.74) is -0.107. The van der Waals surface area contributed by atoms with Crippen LogP contribution in [-0.4, -0.2) is 31.2 Å². The highest BCUT2D eigenvalue weighted by atomic mass is 16.6. The highest BCUT2D eigenvalue weighted by Crippen LogP contribution is 2.35. The van der Waals surface area contributed by atoms with Crippen molar-refractivity contribution in [1.82, 2.24) is 0 Å². The van der Waals surface area contributed by atoms with Gasteiger partial charge >= 0.3 is 0 Å². The van der Waals surface area contributed by atoms with Crippen molar-refractivity contribution in [3.63, 3.8) is 0 Å². The Kier molecular flexibility index (Phi) is 2.15. The second-order valence-corrected chi connectivity index (χ2v) is 3.67. The highest BCUT2D eigenvalue weighted by molar-refractivity contribution is 5.56. The minimum Gasteiger partial charge on any atom is -0.378 e. The van der Waals surface area contributed by atoms with E-state index in [-0.39, 0.29) is 11.7 Å². The van der Waals surface area contributed by atoms with Gasteiger partial charge in [-0.05, 0) is 25.7 Å². The summed E-state index contributed by atoms with van der Waals surface area (Å²) in [4.78, 5) is 10.5. The smallest absolute Gasteiger partial charge is 0.148 e. The van der Waals surface area contributed by atoms with Crippen molar-refractivity contribution in [2.75, 3.05) is 13.2 Å². The number of hydrogen-bond donors (Lipinski definition) is 0. The van der Waals surface area contributed by atoms with Crippen molar-refractivity contribution < 1.29 is 14.3 Å². The van der Waals surface area contributed by atoms with Gasteiger partial charge in [-0.1, -0.05) is 0 Å². The first kappa shape index (κ1) is 8.20. The molecule has 2 atom stereocenters. The molecule has 0 aromatic carbocycles. The van der Waals surface area contributed by atoms with E-state index in [1.165, 1.54) is 0 Å². The molecule has 3 nitrogen and oxygen atoms in total. The summed E-state index contributed by atoms with van der Waals surface area (Å²) in [6, 6.07) is 0. The summed E-state index contributed by atoms with van der Waals surface area (Å²) in [5, 5.41) is 0. The quantitative estimate of drug-likeness (QED) is 0.549. The van der Waals surface area contributed by atoms with E-state index >= 15 is 0 Å². The van der Waals surface area contributed by atoms with Gasteiger partial charge in [0, 0.05) is 6.61 Å². The molecule has 0 bridgehead atoms. The summed E-state index contributed by atoms with van der Waals surface area (Å²) in [5.74, 6) is 0. The van der Waals surface area contributed by atoms with Crippen LogP contribution in [0.25, 0.3) is 0 Å². The molecular weight excluding hydrogens is 156 g/mol. The molecular formula is C9H14O3. The molecule has 2 aliphatic rings. The van der Waals surface area contributed by atoms with Crippen LogP contribution in [0, 0.1) is 0 Å². The van der Waals surface area contributed by atoms with Crippen LogP contribution >= 0.6 is 0 Å².